The second-order valence-electron chi connectivity index (χ2n) is 3.93. The molecule has 2 aromatic rings. The van der Waals surface area contributed by atoms with Gasteiger partial charge in [-0.25, -0.2) is 4.98 Å². The number of hydrogen-bond donors (Lipinski definition) is 2. The monoisotopic (exact) mass is 353 g/mol. The van der Waals surface area contributed by atoms with Crippen LogP contribution in [0.1, 0.15) is 0 Å². The van der Waals surface area contributed by atoms with Gasteiger partial charge in [0.1, 0.15) is 10.8 Å². The van der Waals surface area contributed by atoms with E-state index in [4.69, 9.17) is 14.8 Å². The molecule has 0 unspecified atom stereocenters. The quantitative estimate of drug-likeness (QED) is 0.470. The molecule has 0 fully saturated rings. The minimum absolute atomic E-state index is 0.448. The smallest absolute Gasteiger partial charge is 0.488 e. The number of aromatic nitrogens is 1. The van der Waals surface area contributed by atoms with E-state index in [1.54, 1.807) is 42.2 Å². The summed E-state index contributed by atoms with van der Waals surface area (Å²) in [5.41, 5.74) is 0.448. The number of benzene rings is 1. The van der Waals surface area contributed by atoms with Gasteiger partial charge < -0.3 is 14.8 Å². The van der Waals surface area contributed by atoms with Gasteiger partial charge in [0, 0.05) is 16.4 Å². The molecule has 0 spiro atoms. The van der Waals surface area contributed by atoms with Gasteiger partial charge in [-0.15, -0.1) is 11.8 Å². The first-order chi connectivity index (χ1) is 9.66. The van der Waals surface area contributed by atoms with Crippen LogP contribution in [-0.2, 0) is 0 Å². The zero-order valence-electron chi connectivity index (χ0n) is 10.6. The van der Waals surface area contributed by atoms with E-state index in [1.165, 1.54) is 0 Å². The van der Waals surface area contributed by atoms with Crippen molar-refractivity contribution in [2.75, 3.05) is 12.4 Å². The average Bonchev–Trinajstić information content (AvgIpc) is 2.46. The Balaban J connectivity index is 1.77. The van der Waals surface area contributed by atoms with Crippen molar-refractivity contribution < 1.29 is 14.8 Å². The molecule has 1 aromatic carbocycles. The first-order valence-corrected chi connectivity index (χ1v) is 7.77. The second-order valence-corrected chi connectivity index (χ2v) is 5.87. The lowest BCUT2D eigenvalue weighted by molar-refractivity contribution is 0.344. The number of thioether (sulfide) groups is 1. The molecule has 0 aliphatic heterocycles. The molecule has 2 rings (SSSR count). The molecule has 0 amide bonds. The maximum absolute atomic E-state index is 8.98. The fourth-order valence-electron chi connectivity index (χ4n) is 1.51. The Hall–Kier alpha value is -1.02. The number of nitrogens with zero attached hydrogens (tertiary/aromatic N) is 1. The van der Waals surface area contributed by atoms with Gasteiger partial charge in [0.2, 0.25) is 0 Å². The number of rotatable bonds is 6. The summed E-state index contributed by atoms with van der Waals surface area (Å²) in [5.74, 6) is 1.48. The second kappa shape index (κ2) is 7.68. The Morgan fingerprint density at radius 2 is 1.95 bits per heavy atom. The van der Waals surface area contributed by atoms with Crippen molar-refractivity contribution in [1.29, 1.82) is 0 Å². The van der Waals surface area contributed by atoms with E-state index >= 15 is 0 Å². The van der Waals surface area contributed by atoms with Crippen LogP contribution in [-0.4, -0.2) is 34.5 Å². The molecule has 0 radical (unpaired) electrons. The zero-order valence-corrected chi connectivity index (χ0v) is 13.0. The lowest BCUT2D eigenvalue weighted by atomic mass is 9.80. The SMILES string of the molecule is OB(O)c1ccc(OCCSc2ncccc2Br)cc1. The fourth-order valence-corrected chi connectivity index (χ4v) is 2.81. The van der Waals surface area contributed by atoms with Crippen LogP contribution in [0.2, 0.25) is 0 Å². The topological polar surface area (TPSA) is 62.6 Å². The molecule has 20 heavy (non-hydrogen) atoms. The van der Waals surface area contributed by atoms with Crippen LogP contribution in [0.25, 0.3) is 0 Å². The van der Waals surface area contributed by atoms with Gasteiger partial charge in [-0.1, -0.05) is 12.1 Å². The molecule has 1 aromatic heterocycles. The molecule has 2 N–H and O–H groups in total. The maximum atomic E-state index is 8.98. The third-order valence-electron chi connectivity index (χ3n) is 2.49. The standard InChI is InChI=1S/C13H13BBrNO3S/c15-12-2-1-7-16-13(12)20-9-8-19-11-5-3-10(4-6-11)14(17)18/h1-7,17-18H,8-9H2. The third kappa shape index (κ3) is 4.52. The molecule has 104 valence electrons. The summed E-state index contributed by atoms with van der Waals surface area (Å²) in [6, 6.07) is 10.5. The average molecular weight is 354 g/mol. The van der Waals surface area contributed by atoms with Crippen LogP contribution in [0, 0.1) is 0 Å². The number of pyridine rings is 1. The van der Waals surface area contributed by atoms with Gasteiger partial charge in [-0.3, -0.25) is 0 Å². The summed E-state index contributed by atoms with van der Waals surface area (Å²) >= 11 is 5.05. The van der Waals surface area contributed by atoms with E-state index in [0.29, 0.717) is 17.8 Å². The summed E-state index contributed by atoms with van der Waals surface area (Å²) in [4.78, 5) is 4.26. The van der Waals surface area contributed by atoms with Crippen molar-refractivity contribution >= 4 is 40.3 Å². The van der Waals surface area contributed by atoms with Crippen molar-refractivity contribution in [1.82, 2.24) is 4.98 Å². The summed E-state index contributed by atoms with van der Waals surface area (Å²) < 4.78 is 6.55. The lowest BCUT2D eigenvalue weighted by Gasteiger charge is -2.07. The molecular formula is C13H13BBrNO3S. The van der Waals surface area contributed by atoms with Crippen LogP contribution in [0.15, 0.2) is 52.1 Å². The Kier molecular flexibility index (Phi) is 5.91. The highest BCUT2D eigenvalue weighted by Gasteiger charge is 2.09. The van der Waals surface area contributed by atoms with Gasteiger partial charge in [0.05, 0.1) is 6.61 Å². The van der Waals surface area contributed by atoms with Gasteiger partial charge in [0.25, 0.3) is 0 Å². The third-order valence-corrected chi connectivity index (χ3v) is 4.37. The van der Waals surface area contributed by atoms with Crippen molar-refractivity contribution in [3.8, 4) is 5.75 Å². The molecular weight excluding hydrogens is 341 g/mol. The first kappa shape index (κ1) is 15.4. The van der Waals surface area contributed by atoms with Gasteiger partial charge in [0.15, 0.2) is 0 Å². The molecule has 0 aliphatic rings. The largest absolute Gasteiger partial charge is 0.493 e. The van der Waals surface area contributed by atoms with E-state index in [1.807, 2.05) is 12.1 Å². The molecule has 0 aliphatic carbocycles. The predicted molar refractivity (Wildman–Crippen MR) is 84.4 cm³/mol. The highest BCUT2D eigenvalue weighted by atomic mass is 79.9. The van der Waals surface area contributed by atoms with Crippen molar-refractivity contribution in [2.45, 2.75) is 5.03 Å². The Morgan fingerprint density at radius 1 is 1.20 bits per heavy atom. The van der Waals surface area contributed by atoms with E-state index < -0.39 is 7.12 Å². The van der Waals surface area contributed by atoms with Crippen LogP contribution >= 0.6 is 27.7 Å². The summed E-state index contributed by atoms with van der Waals surface area (Å²) in [6.45, 7) is 0.550. The minimum Gasteiger partial charge on any atom is -0.493 e. The fraction of sp³-hybridized carbons (Fsp3) is 0.154. The minimum atomic E-state index is -1.44. The van der Waals surface area contributed by atoms with Gasteiger partial charge in [-0.2, -0.15) is 0 Å². The summed E-state index contributed by atoms with van der Waals surface area (Å²) in [6.07, 6.45) is 1.76. The summed E-state index contributed by atoms with van der Waals surface area (Å²) in [5, 5.41) is 18.9. The maximum Gasteiger partial charge on any atom is 0.488 e. The number of halogens is 1. The molecule has 1 heterocycles. The molecule has 4 nitrogen and oxygen atoms in total. The van der Waals surface area contributed by atoms with E-state index in [9.17, 15) is 0 Å². The predicted octanol–water partition coefficient (Wildman–Crippen LogP) is 1.69. The van der Waals surface area contributed by atoms with E-state index in [2.05, 4.69) is 20.9 Å². The van der Waals surface area contributed by atoms with Gasteiger partial charge in [-0.05, 0) is 45.7 Å². The molecule has 0 saturated carbocycles. The van der Waals surface area contributed by atoms with Crippen LogP contribution in [0.4, 0.5) is 0 Å². The highest BCUT2D eigenvalue weighted by molar-refractivity contribution is 9.10. The Morgan fingerprint density at radius 3 is 2.60 bits per heavy atom. The van der Waals surface area contributed by atoms with E-state index in [-0.39, 0.29) is 0 Å². The number of ether oxygens (including phenoxy) is 1. The molecule has 0 saturated heterocycles. The zero-order chi connectivity index (χ0) is 14.4. The number of hydrogen-bond acceptors (Lipinski definition) is 5. The van der Waals surface area contributed by atoms with Crippen LogP contribution in [0.3, 0.4) is 0 Å². The van der Waals surface area contributed by atoms with Gasteiger partial charge >= 0.3 is 7.12 Å². The molecule has 0 bridgehead atoms. The Bertz CT molecular complexity index is 554. The summed E-state index contributed by atoms with van der Waals surface area (Å²) in [7, 11) is -1.44. The normalized spacial score (nSPS) is 10.3. The molecule has 7 heteroatoms. The van der Waals surface area contributed by atoms with Crippen molar-refractivity contribution in [3.63, 3.8) is 0 Å². The lowest BCUT2D eigenvalue weighted by Crippen LogP contribution is -2.29. The van der Waals surface area contributed by atoms with Crippen LogP contribution < -0.4 is 10.2 Å². The first-order valence-electron chi connectivity index (χ1n) is 5.99. The van der Waals surface area contributed by atoms with Crippen molar-refractivity contribution in [3.05, 3.63) is 47.1 Å². The van der Waals surface area contributed by atoms with Crippen molar-refractivity contribution in [2.24, 2.45) is 0 Å². The van der Waals surface area contributed by atoms with Crippen LogP contribution in [0.5, 0.6) is 5.75 Å². The molecule has 0 atom stereocenters. The van der Waals surface area contributed by atoms with E-state index in [0.717, 1.165) is 15.3 Å². The Labute approximate surface area is 130 Å². The highest BCUT2D eigenvalue weighted by Crippen LogP contribution is 2.24.